The van der Waals surface area contributed by atoms with E-state index in [0.717, 1.165) is 24.1 Å². The second-order valence-corrected chi connectivity index (χ2v) is 5.99. The van der Waals surface area contributed by atoms with E-state index in [4.69, 9.17) is 0 Å². The highest BCUT2D eigenvalue weighted by Crippen LogP contribution is 2.18. The van der Waals surface area contributed by atoms with Crippen molar-refractivity contribution in [2.75, 3.05) is 11.9 Å². The Balaban J connectivity index is 1.78. The van der Waals surface area contributed by atoms with E-state index in [2.05, 4.69) is 17.2 Å². The van der Waals surface area contributed by atoms with Crippen LogP contribution in [0.4, 0.5) is 5.69 Å². The van der Waals surface area contributed by atoms with Gasteiger partial charge in [0, 0.05) is 18.7 Å². The first-order valence-electron chi connectivity index (χ1n) is 8.53. The summed E-state index contributed by atoms with van der Waals surface area (Å²) in [5.74, 6) is 0.756. The van der Waals surface area contributed by atoms with Crippen LogP contribution in [0.3, 0.4) is 0 Å². The Morgan fingerprint density at radius 1 is 1.04 bits per heavy atom. The maximum absolute atomic E-state index is 12.8. The lowest BCUT2D eigenvalue weighted by Gasteiger charge is -2.19. The molecule has 1 amide bonds. The summed E-state index contributed by atoms with van der Waals surface area (Å²) in [5.41, 5.74) is 2.09. The van der Waals surface area contributed by atoms with E-state index in [1.165, 1.54) is 0 Å². The molecule has 1 heterocycles. The Hall–Kier alpha value is -2.62. The number of hydrogen-bond acceptors (Lipinski definition) is 3. The molecule has 0 aliphatic carbocycles. The third-order valence-corrected chi connectivity index (χ3v) is 4.12. The van der Waals surface area contributed by atoms with Crippen molar-refractivity contribution in [2.45, 2.75) is 32.2 Å². The Kier molecular flexibility index (Phi) is 5.26. The molecule has 2 aromatic rings. The van der Waals surface area contributed by atoms with Gasteiger partial charge in [0.1, 0.15) is 6.04 Å². The van der Waals surface area contributed by atoms with E-state index < -0.39 is 0 Å². The summed E-state index contributed by atoms with van der Waals surface area (Å²) in [5, 5.41) is 3.30. The Bertz CT molecular complexity index is 697. The van der Waals surface area contributed by atoms with Crippen molar-refractivity contribution in [3.8, 4) is 0 Å². The largest absolute Gasteiger partial charge is 0.326 e. The van der Waals surface area contributed by atoms with Crippen LogP contribution in [0.1, 0.15) is 25.3 Å². The summed E-state index contributed by atoms with van der Waals surface area (Å²) < 4.78 is 0. The smallest absolute Gasteiger partial charge is 0.254 e. The van der Waals surface area contributed by atoms with Crippen LogP contribution in [0.2, 0.25) is 0 Å². The van der Waals surface area contributed by atoms with Gasteiger partial charge in [0.05, 0.1) is 0 Å². The summed E-state index contributed by atoms with van der Waals surface area (Å²) in [7, 11) is 0. The van der Waals surface area contributed by atoms with Gasteiger partial charge in [-0.25, -0.2) is 4.99 Å². The summed E-state index contributed by atoms with van der Waals surface area (Å²) in [6.07, 6.45) is 2.66. The Morgan fingerprint density at radius 2 is 1.71 bits per heavy atom. The summed E-state index contributed by atoms with van der Waals surface area (Å²) in [6.45, 7) is 2.84. The SMILES string of the molecule is CCCCN1C(=O)[C@H](Cc2ccccc2)N=C1Nc1ccccc1. The van der Waals surface area contributed by atoms with Crippen LogP contribution in [0.25, 0.3) is 0 Å². The first kappa shape index (κ1) is 16.2. The van der Waals surface area contributed by atoms with E-state index in [9.17, 15) is 4.79 Å². The lowest BCUT2D eigenvalue weighted by molar-refractivity contribution is -0.127. The number of para-hydroxylation sites is 1. The standard InChI is InChI=1S/C20H23N3O/c1-2-3-14-23-19(24)18(15-16-10-6-4-7-11-16)22-20(23)21-17-12-8-5-9-13-17/h4-13,18H,2-3,14-15H2,1H3,(H,21,22)/t18-/m0/s1. The molecule has 0 bridgehead atoms. The predicted octanol–water partition coefficient (Wildman–Crippen LogP) is 3.71. The number of aliphatic imine (C=N–C) groups is 1. The molecule has 124 valence electrons. The Morgan fingerprint density at radius 3 is 2.38 bits per heavy atom. The number of nitrogens with one attached hydrogen (secondary N) is 1. The molecule has 0 aromatic heterocycles. The molecule has 0 spiro atoms. The molecule has 0 saturated carbocycles. The van der Waals surface area contributed by atoms with Gasteiger partial charge in [-0.05, 0) is 24.1 Å². The molecule has 1 N–H and O–H groups in total. The fourth-order valence-electron chi connectivity index (χ4n) is 2.81. The number of carbonyl (C=O) groups is 1. The second-order valence-electron chi connectivity index (χ2n) is 5.99. The van der Waals surface area contributed by atoms with Gasteiger partial charge in [0.15, 0.2) is 0 Å². The highest BCUT2D eigenvalue weighted by molar-refractivity contribution is 6.10. The van der Waals surface area contributed by atoms with Gasteiger partial charge >= 0.3 is 0 Å². The van der Waals surface area contributed by atoms with E-state index in [1.54, 1.807) is 4.90 Å². The lowest BCUT2D eigenvalue weighted by Crippen LogP contribution is -2.39. The molecule has 0 saturated heterocycles. The average molecular weight is 321 g/mol. The second kappa shape index (κ2) is 7.77. The molecule has 0 radical (unpaired) electrons. The van der Waals surface area contributed by atoms with Crippen molar-refractivity contribution in [1.82, 2.24) is 4.90 Å². The maximum atomic E-state index is 12.8. The van der Waals surface area contributed by atoms with Crippen LogP contribution in [-0.2, 0) is 11.2 Å². The van der Waals surface area contributed by atoms with E-state index >= 15 is 0 Å². The van der Waals surface area contributed by atoms with Gasteiger partial charge in [-0.2, -0.15) is 0 Å². The number of amides is 1. The monoisotopic (exact) mass is 321 g/mol. The van der Waals surface area contributed by atoms with Crippen LogP contribution in [0.15, 0.2) is 65.7 Å². The topological polar surface area (TPSA) is 44.7 Å². The average Bonchev–Trinajstić information content (AvgIpc) is 2.90. The molecular formula is C20H23N3O. The maximum Gasteiger partial charge on any atom is 0.254 e. The summed E-state index contributed by atoms with van der Waals surface area (Å²) >= 11 is 0. The first-order valence-corrected chi connectivity index (χ1v) is 8.53. The van der Waals surface area contributed by atoms with Crippen molar-refractivity contribution in [1.29, 1.82) is 0 Å². The minimum Gasteiger partial charge on any atom is -0.326 e. The number of benzene rings is 2. The van der Waals surface area contributed by atoms with E-state index in [1.807, 2.05) is 60.7 Å². The minimum absolute atomic E-state index is 0.0886. The van der Waals surface area contributed by atoms with Crippen molar-refractivity contribution in [2.24, 2.45) is 4.99 Å². The van der Waals surface area contributed by atoms with E-state index in [-0.39, 0.29) is 11.9 Å². The van der Waals surface area contributed by atoms with E-state index in [0.29, 0.717) is 18.9 Å². The van der Waals surface area contributed by atoms with Crippen LogP contribution < -0.4 is 5.32 Å². The van der Waals surface area contributed by atoms with Gasteiger partial charge < -0.3 is 5.32 Å². The molecule has 24 heavy (non-hydrogen) atoms. The highest BCUT2D eigenvalue weighted by Gasteiger charge is 2.34. The zero-order chi connectivity index (χ0) is 16.8. The van der Waals surface area contributed by atoms with Crippen molar-refractivity contribution in [3.63, 3.8) is 0 Å². The van der Waals surface area contributed by atoms with Crippen molar-refractivity contribution in [3.05, 3.63) is 66.2 Å². The number of carbonyl (C=O) groups excluding carboxylic acids is 1. The molecule has 0 fully saturated rings. The third kappa shape index (κ3) is 3.82. The van der Waals surface area contributed by atoms with Crippen LogP contribution in [0.5, 0.6) is 0 Å². The molecule has 4 nitrogen and oxygen atoms in total. The zero-order valence-electron chi connectivity index (χ0n) is 14.0. The predicted molar refractivity (Wildman–Crippen MR) is 98.1 cm³/mol. The van der Waals surface area contributed by atoms with Gasteiger partial charge in [-0.3, -0.25) is 9.69 Å². The summed E-state index contributed by atoms with van der Waals surface area (Å²) in [4.78, 5) is 19.3. The molecule has 3 rings (SSSR count). The number of guanidine groups is 1. The first-order chi connectivity index (χ1) is 11.8. The number of hydrogen-bond donors (Lipinski definition) is 1. The highest BCUT2D eigenvalue weighted by atomic mass is 16.2. The molecule has 2 aromatic carbocycles. The van der Waals surface area contributed by atoms with Crippen LogP contribution in [0, 0.1) is 0 Å². The number of nitrogens with zero attached hydrogens (tertiary/aromatic N) is 2. The van der Waals surface area contributed by atoms with Crippen molar-refractivity contribution >= 4 is 17.6 Å². The fraction of sp³-hybridized carbons (Fsp3) is 0.300. The van der Waals surface area contributed by atoms with Gasteiger partial charge in [-0.1, -0.05) is 61.9 Å². The minimum atomic E-state index is -0.338. The van der Waals surface area contributed by atoms with Gasteiger partial charge in [0.2, 0.25) is 5.96 Å². The van der Waals surface area contributed by atoms with Gasteiger partial charge in [0.25, 0.3) is 5.91 Å². The normalized spacial score (nSPS) is 17.0. The number of anilines is 1. The molecule has 0 unspecified atom stereocenters. The van der Waals surface area contributed by atoms with Crippen LogP contribution >= 0.6 is 0 Å². The Labute approximate surface area is 143 Å². The zero-order valence-corrected chi connectivity index (χ0v) is 14.0. The van der Waals surface area contributed by atoms with Crippen LogP contribution in [-0.4, -0.2) is 29.4 Å². The third-order valence-electron chi connectivity index (χ3n) is 4.12. The summed E-state index contributed by atoms with van der Waals surface area (Å²) in [6, 6.07) is 19.6. The quantitative estimate of drug-likeness (QED) is 0.881. The number of unbranched alkanes of at least 4 members (excludes halogenated alkanes) is 1. The molecular weight excluding hydrogens is 298 g/mol. The fourth-order valence-corrected chi connectivity index (χ4v) is 2.81. The van der Waals surface area contributed by atoms with Crippen molar-refractivity contribution < 1.29 is 4.79 Å². The molecule has 1 atom stereocenters. The number of rotatable bonds is 6. The lowest BCUT2D eigenvalue weighted by atomic mass is 10.1. The molecule has 4 heteroatoms. The molecule has 1 aliphatic heterocycles. The molecule has 1 aliphatic rings. The van der Waals surface area contributed by atoms with Gasteiger partial charge in [-0.15, -0.1) is 0 Å².